The minimum atomic E-state index is -4.41. The molecule has 6 heteroatoms. The molecule has 0 aliphatic heterocycles. The summed E-state index contributed by atoms with van der Waals surface area (Å²) in [7, 11) is 2.10. The molecule has 1 aromatic carbocycles. The fourth-order valence-corrected chi connectivity index (χ4v) is 2.72. The average molecular weight is 323 g/mol. The average Bonchev–Trinajstić information content (AvgIpc) is 3.26. The van der Waals surface area contributed by atoms with Crippen LogP contribution in [0, 0.1) is 0 Å². The maximum absolute atomic E-state index is 12.8. The van der Waals surface area contributed by atoms with E-state index in [4.69, 9.17) is 0 Å². The highest BCUT2D eigenvalue weighted by molar-refractivity contribution is 5.56. The summed E-state index contributed by atoms with van der Waals surface area (Å²) in [4.78, 5) is 6.09. The number of rotatable bonds is 5. The highest BCUT2D eigenvalue weighted by Gasteiger charge is 2.34. The number of halogens is 3. The molecule has 23 heavy (non-hydrogen) atoms. The summed E-state index contributed by atoms with van der Waals surface area (Å²) < 4.78 is 40.1. The van der Waals surface area contributed by atoms with E-state index in [0.29, 0.717) is 24.0 Å². The van der Waals surface area contributed by atoms with Crippen molar-refractivity contribution in [3.63, 3.8) is 0 Å². The van der Waals surface area contributed by atoms with Gasteiger partial charge in [0.1, 0.15) is 5.82 Å². The van der Waals surface area contributed by atoms with Crippen LogP contribution < -0.4 is 0 Å². The van der Waals surface area contributed by atoms with Gasteiger partial charge in [-0.1, -0.05) is 24.3 Å². The summed E-state index contributed by atoms with van der Waals surface area (Å²) in [6.07, 6.45) is -0.836. The minimum absolute atomic E-state index is 0.363. The van der Waals surface area contributed by atoms with Crippen molar-refractivity contribution in [2.75, 3.05) is 7.05 Å². The number of hydrogen-bond donors (Lipinski definition) is 0. The van der Waals surface area contributed by atoms with Crippen LogP contribution in [0.15, 0.2) is 30.5 Å². The van der Waals surface area contributed by atoms with Gasteiger partial charge in [-0.2, -0.15) is 13.2 Å². The Bertz CT molecular complexity index is 669. The van der Waals surface area contributed by atoms with Gasteiger partial charge in [-0.15, -0.1) is 0 Å². The summed E-state index contributed by atoms with van der Waals surface area (Å²) in [6, 6.07) is 8.32. The summed E-state index contributed by atoms with van der Waals surface area (Å²) in [5, 5.41) is 0. The molecule has 1 aromatic heterocycles. The maximum atomic E-state index is 12.8. The zero-order chi connectivity index (χ0) is 16.6. The van der Waals surface area contributed by atoms with Crippen LogP contribution in [-0.2, 0) is 19.3 Å². The molecule has 0 unspecified atom stereocenters. The monoisotopic (exact) mass is 323 g/mol. The van der Waals surface area contributed by atoms with Gasteiger partial charge in [-0.05, 0) is 32.4 Å². The van der Waals surface area contributed by atoms with Crippen molar-refractivity contribution in [2.45, 2.75) is 45.1 Å². The lowest BCUT2D eigenvalue weighted by molar-refractivity contribution is -0.140. The second-order valence-corrected chi connectivity index (χ2v) is 6.08. The van der Waals surface area contributed by atoms with E-state index in [1.54, 1.807) is 0 Å². The second kappa shape index (κ2) is 6.00. The van der Waals surface area contributed by atoms with Crippen LogP contribution in [0.5, 0.6) is 0 Å². The first-order valence-corrected chi connectivity index (χ1v) is 7.82. The molecular formula is C17H20F3N3. The third-order valence-electron chi connectivity index (χ3n) is 4.22. The third-order valence-corrected chi connectivity index (χ3v) is 4.22. The molecule has 1 heterocycles. The Hall–Kier alpha value is -1.82. The lowest BCUT2D eigenvalue weighted by Crippen LogP contribution is -2.19. The molecule has 0 saturated heterocycles. The number of hydrogen-bond acceptors (Lipinski definition) is 2. The molecule has 1 fully saturated rings. The Morgan fingerprint density at radius 1 is 1.22 bits per heavy atom. The van der Waals surface area contributed by atoms with E-state index in [2.05, 4.69) is 16.9 Å². The molecule has 1 saturated carbocycles. The normalized spacial score (nSPS) is 15.4. The van der Waals surface area contributed by atoms with Gasteiger partial charge in [0, 0.05) is 30.9 Å². The first-order valence-electron chi connectivity index (χ1n) is 7.82. The summed E-state index contributed by atoms with van der Waals surface area (Å²) >= 11 is 0. The number of imidazole rings is 1. The molecule has 2 aromatic rings. The molecule has 0 radical (unpaired) electrons. The molecule has 1 aliphatic carbocycles. The molecular weight excluding hydrogens is 303 g/mol. The van der Waals surface area contributed by atoms with Crippen LogP contribution in [0.2, 0.25) is 0 Å². The first kappa shape index (κ1) is 16.1. The Kier molecular flexibility index (Phi) is 4.19. The Morgan fingerprint density at radius 2 is 1.87 bits per heavy atom. The van der Waals surface area contributed by atoms with Crippen molar-refractivity contribution in [3.8, 4) is 11.4 Å². The Balaban J connectivity index is 1.82. The van der Waals surface area contributed by atoms with Gasteiger partial charge in [0.2, 0.25) is 0 Å². The lowest BCUT2D eigenvalue weighted by atomic mass is 10.1. The molecule has 3 rings (SSSR count). The van der Waals surface area contributed by atoms with Crippen LogP contribution in [0.3, 0.4) is 0 Å². The predicted molar refractivity (Wildman–Crippen MR) is 82.8 cm³/mol. The topological polar surface area (TPSA) is 21.1 Å². The number of benzene rings is 1. The minimum Gasteiger partial charge on any atom is -0.331 e. The van der Waals surface area contributed by atoms with Gasteiger partial charge in [-0.3, -0.25) is 4.90 Å². The van der Waals surface area contributed by atoms with Gasteiger partial charge < -0.3 is 4.57 Å². The molecule has 0 atom stereocenters. The maximum Gasteiger partial charge on any atom is 0.434 e. The van der Waals surface area contributed by atoms with E-state index in [9.17, 15) is 13.2 Å². The largest absolute Gasteiger partial charge is 0.434 e. The highest BCUT2D eigenvalue weighted by atomic mass is 19.4. The first-order chi connectivity index (χ1) is 10.9. The molecule has 3 nitrogen and oxygen atoms in total. The fraction of sp³-hybridized carbons (Fsp3) is 0.471. The number of nitrogens with zero attached hydrogens (tertiary/aromatic N) is 3. The van der Waals surface area contributed by atoms with Gasteiger partial charge in [0.05, 0.1) is 0 Å². The predicted octanol–water partition coefficient (Wildman–Crippen LogP) is 4.18. The quantitative estimate of drug-likeness (QED) is 0.823. The SMILES string of the molecule is CCn1cc(C(F)(F)F)nc1-c1ccc(CN(C)C2CC2)cc1. The van der Waals surface area contributed by atoms with Crippen LogP contribution in [-0.4, -0.2) is 27.5 Å². The lowest BCUT2D eigenvalue weighted by Gasteiger charge is -2.15. The van der Waals surface area contributed by atoms with Crippen molar-refractivity contribution in [2.24, 2.45) is 0 Å². The van der Waals surface area contributed by atoms with Crippen LogP contribution in [0.25, 0.3) is 11.4 Å². The number of aromatic nitrogens is 2. The third kappa shape index (κ3) is 3.58. The zero-order valence-electron chi connectivity index (χ0n) is 13.3. The van der Waals surface area contributed by atoms with E-state index in [-0.39, 0.29) is 0 Å². The van der Waals surface area contributed by atoms with E-state index in [0.717, 1.165) is 18.3 Å². The standard InChI is InChI=1S/C17H20F3N3/c1-3-23-11-15(17(18,19)20)21-16(23)13-6-4-12(5-7-13)10-22(2)14-8-9-14/h4-7,11,14H,3,8-10H2,1-2H3. The Morgan fingerprint density at radius 3 is 2.39 bits per heavy atom. The van der Waals surface area contributed by atoms with E-state index in [1.165, 1.54) is 17.4 Å². The molecule has 0 spiro atoms. The van der Waals surface area contributed by atoms with Crippen molar-refractivity contribution in [1.29, 1.82) is 0 Å². The van der Waals surface area contributed by atoms with Gasteiger partial charge in [-0.25, -0.2) is 4.98 Å². The summed E-state index contributed by atoms with van der Waals surface area (Å²) in [6.45, 7) is 3.12. The van der Waals surface area contributed by atoms with Crippen LogP contribution in [0.4, 0.5) is 13.2 Å². The molecule has 0 N–H and O–H groups in total. The molecule has 124 valence electrons. The summed E-state index contributed by atoms with van der Waals surface area (Å²) in [5.41, 5.74) is 1.03. The van der Waals surface area contributed by atoms with Crippen molar-refractivity contribution >= 4 is 0 Å². The van der Waals surface area contributed by atoms with Gasteiger partial charge in [0.15, 0.2) is 5.69 Å². The zero-order valence-corrected chi connectivity index (χ0v) is 13.3. The molecule has 0 amide bonds. The van der Waals surface area contributed by atoms with Gasteiger partial charge >= 0.3 is 6.18 Å². The summed E-state index contributed by atoms with van der Waals surface area (Å²) in [5.74, 6) is 0.363. The van der Waals surface area contributed by atoms with E-state index >= 15 is 0 Å². The second-order valence-electron chi connectivity index (χ2n) is 6.08. The number of aryl methyl sites for hydroxylation is 1. The van der Waals surface area contributed by atoms with Gasteiger partial charge in [0.25, 0.3) is 0 Å². The van der Waals surface area contributed by atoms with Crippen molar-refractivity contribution in [1.82, 2.24) is 14.5 Å². The van der Waals surface area contributed by atoms with Crippen LogP contribution in [0.1, 0.15) is 31.0 Å². The van der Waals surface area contributed by atoms with E-state index < -0.39 is 11.9 Å². The fourth-order valence-electron chi connectivity index (χ4n) is 2.72. The smallest absolute Gasteiger partial charge is 0.331 e. The van der Waals surface area contributed by atoms with Crippen molar-refractivity contribution < 1.29 is 13.2 Å². The molecule has 0 bridgehead atoms. The molecule has 1 aliphatic rings. The van der Waals surface area contributed by atoms with E-state index in [1.807, 2.05) is 31.2 Å². The highest BCUT2D eigenvalue weighted by Crippen LogP contribution is 2.31. The van der Waals surface area contributed by atoms with Crippen LogP contribution >= 0.6 is 0 Å². The Labute approximate surface area is 133 Å². The van der Waals surface area contributed by atoms with Crippen molar-refractivity contribution in [3.05, 3.63) is 41.7 Å². The number of alkyl halides is 3.